The van der Waals surface area contributed by atoms with Crippen LogP contribution >= 0.6 is 0 Å². The van der Waals surface area contributed by atoms with Gasteiger partial charge in [0.25, 0.3) is 0 Å². The van der Waals surface area contributed by atoms with Gasteiger partial charge in [-0.2, -0.15) is 4.98 Å². The van der Waals surface area contributed by atoms with Gasteiger partial charge in [0.1, 0.15) is 5.75 Å². The molecule has 4 rings (SSSR count). The maximum atomic E-state index is 5.58. The zero-order chi connectivity index (χ0) is 17.1. The van der Waals surface area contributed by atoms with Crippen molar-refractivity contribution in [2.24, 2.45) is 0 Å². The van der Waals surface area contributed by atoms with Gasteiger partial charge >= 0.3 is 0 Å². The van der Waals surface area contributed by atoms with E-state index in [9.17, 15) is 0 Å². The number of anilines is 1. The topological polar surface area (TPSA) is 59.5 Å². The highest BCUT2D eigenvalue weighted by Crippen LogP contribution is 2.26. The third-order valence-electron chi connectivity index (χ3n) is 4.92. The summed E-state index contributed by atoms with van der Waals surface area (Å²) in [6.45, 7) is 4.03. The van der Waals surface area contributed by atoms with Gasteiger partial charge in [-0.25, -0.2) is 4.98 Å². The van der Waals surface area contributed by atoms with Gasteiger partial charge in [0.05, 0.1) is 13.7 Å². The van der Waals surface area contributed by atoms with E-state index in [1.807, 2.05) is 0 Å². The first kappa shape index (κ1) is 16.1. The molecule has 132 valence electrons. The molecule has 6 nitrogen and oxygen atoms in total. The van der Waals surface area contributed by atoms with E-state index in [0.29, 0.717) is 17.9 Å². The van der Waals surface area contributed by atoms with Crippen LogP contribution in [-0.2, 0) is 12.8 Å². The molecule has 6 heteroatoms. The Labute approximate surface area is 148 Å². The normalized spacial score (nSPS) is 19.5. The van der Waals surface area contributed by atoms with E-state index in [1.54, 1.807) is 19.4 Å². The van der Waals surface area contributed by atoms with Crippen molar-refractivity contribution in [1.82, 2.24) is 14.9 Å². The van der Waals surface area contributed by atoms with E-state index in [2.05, 4.69) is 38.4 Å². The first-order valence-electron chi connectivity index (χ1n) is 8.91. The van der Waals surface area contributed by atoms with Gasteiger partial charge in [-0.05, 0) is 30.0 Å². The summed E-state index contributed by atoms with van der Waals surface area (Å²) in [5.41, 5.74) is 2.76. The number of benzene rings is 1. The Hall–Kier alpha value is -2.34. The number of likely N-dealkylation sites (tertiary alicyclic amines) is 1. The fourth-order valence-corrected chi connectivity index (χ4v) is 3.54. The summed E-state index contributed by atoms with van der Waals surface area (Å²) in [4.78, 5) is 11.1. The summed E-state index contributed by atoms with van der Waals surface area (Å²) < 4.78 is 10.7. The molecule has 2 aliphatic rings. The lowest BCUT2D eigenvalue weighted by atomic mass is 10.1. The molecular formula is C19H24N4O2. The summed E-state index contributed by atoms with van der Waals surface area (Å²) >= 11 is 0. The zero-order valence-electron chi connectivity index (χ0n) is 14.6. The molecular weight excluding hydrogens is 316 g/mol. The summed E-state index contributed by atoms with van der Waals surface area (Å²) in [6, 6.07) is 8.76. The predicted octanol–water partition coefficient (Wildman–Crippen LogP) is 2.15. The highest BCUT2D eigenvalue weighted by molar-refractivity contribution is 5.39. The average molecular weight is 340 g/mol. The lowest BCUT2D eigenvalue weighted by Gasteiger charge is -2.17. The molecule has 0 saturated carbocycles. The number of nitrogens with zero attached hydrogens (tertiary/aromatic N) is 3. The lowest BCUT2D eigenvalue weighted by Crippen LogP contribution is -2.28. The fraction of sp³-hybridized carbons (Fsp3) is 0.474. The van der Waals surface area contributed by atoms with Crippen LogP contribution in [0.2, 0.25) is 0 Å². The van der Waals surface area contributed by atoms with E-state index in [4.69, 9.17) is 9.47 Å². The zero-order valence-corrected chi connectivity index (χ0v) is 14.6. The van der Waals surface area contributed by atoms with Crippen LogP contribution in [0.25, 0.3) is 0 Å². The summed E-state index contributed by atoms with van der Waals surface area (Å²) in [5.74, 6) is 2.30. The Bertz CT molecular complexity index is 737. The molecule has 0 aliphatic carbocycles. The Morgan fingerprint density at radius 3 is 3.24 bits per heavy atom. The predicted molar refractivity (Wildman–Crippen MR) is 96.4 cm³/mol. The highest BCUT2D eigenvalue weighted by atomic mass is 16.5. The van der Waals surface area contributed by atoms with Crippen molar-refractivity contribution in [3.05, 3.63) is 41.6 Å². The summed E-state index contributed by atoms with van der Waals surface area (Å²) in [5, 5.41) is 3.42. The first-order valence-corrected chi connectivity index (χ1v) is 8.91. The van der Waals surface area contributed by atoms with E-state index in [-0.39, 0.29) is 0 Å². The molecule has 1 unspecified atom stereocenters. The lowest BCUT2D eigenvalue weighted by molar-refractivity contribution is 0.340. The standard InChI is InChI=1S/C19H24N4O2/c1-24-18-4-8-20-19(22-18)21-16-6-10-23(13-16)9-5-14-2-3-17-15(12-14)7-11-25-17/h2-4,8,12,16H,5-7,9-11,13H2,1H3,(H,20,21,22). The van der Waals surface area contributed by atoms with Gasteiger partial charge in [0.15, 0.2) is 0 Å². The van der Waals surface area contributed by atoms with Crippen LogP contribution in [-0.4, -0.2) is 54.3 Å². The maximum absolute atomic E-state index is 5.58. The molecule has 0 amide bonds. The largest absolute Gasteiger partial charge is 0.493 e. The van der Waals surface area contributed by atoms with Crippen LogP contribution in [0.3, 0.4) is 0 Å². The van der Waals surface area contributed by atoms with Crippen molar-refractivity contribution in [1.29, 1.82) is 0 Å². The second-order valence-corrected chi connectivity index (χ2v) is 6.64. The molecule has 1 aromatic heterocycles. The minimum absolute atomic E-state index is 0.389. The highest BCUT2D eigenvalue weighted by Gasteiger charge is 2.23. The number of hydrogen-bond donors (Lipinski definition) is 1. The van der Waals surface area contributed by atoms with Gasteiger partial charge in [0, 0.05) is 44.4 Å². The Kier molecular flexibility index (Phi) is 4.70. The number of aromatic nitrogens is 2. The van der Waals surface area contributed by atoms with Crippen LogP contribution in [0.15, 0.2) is 30.5 Å². The van der Waals surface area contributed by atoms with Gasteiger partial charge in [0.2, 0.25) is 11.8 Å². The maximum Gasteiger partial charge on any atom is 0.226 e. The van der Waals surface area contributed by atoms with Crippen LogP contribution < -0.4 is 14.8 Å². The number of nitrogens with one attached hydrogen (secondary N) is 1. The van der Waals surface area contributed by atoms with Gasteiger partial charge in [-0.1, -0.05) is 12.1 Å². The summed E-state index contributed by atoms with van der Waals surface area (Å²) in [6.07, 6.45) is 4.95. The number of fused-ring (bicyclic) bond motifs is 1. The average Bonchev–Trinajstić information content (AvgIpc) is 3.28. The second-order valence-electron chi connectivity index (χ2n) is 6.64. The molecule has 1 fully saturated rings. The Morgan fingerprint density at radius 2 is 2.32 bits per heavy atom. The molecule has 1 atom stereocenters. The molecule has 0 bridgehead atoms. The Morgan fingerprint density at radius 1 is 1.36 bits per heavy atom. The quantitative estimate of drug-likeness (QED) is 0.869. The minimum Gasteiger partial charge on any atom is -0.493 e. The molecule has 0 spiro atoms. The molecule has 2 aromatic rings. The van der Waals surface area contributed by atoms with E-state index in [0.717, 1.165) is 51.3 Å². The number of hydrogen-bond acceptors (Lipinski definition) is 6. The molecule has 0 radical (unpaired) electrons. The van der Waals surface area contributed by atoms with Crippen molar-refractivity contribution in [3.8, 4) is 11.6 Å². The van der Waals surface area contributed by atoms with Crippen LogP contribution in [0, 0.1) is 0 Å². The van der Waals surface area contributed by atoms with Gasteiger partial charge in [-0.3, -0.25) is 0 Å². The molecule has 1 N–H and O–H groups in total. The Balaban J connectivity index is 1.27. The van der Waals surface area contributed by atoms with Crippen molar-refractivity contribution >= 4 is 5.95 Å². The van der Waals surface area contributed by atoms with Gasteiger partial charge < -0.3 is 19.7 Å². The van der Waals surface area contributed by atoms with Crippen molar-refractivity contribution in [2.45, 2.75) is 25.3 Å². The van der Waals surface area contributed by atoms with Crippen molar-refractivity contribution in [2.75, 3.05) is 38.7 Å². The molecule has 2 aliphatic heterocycles. The van der Waals surface area contributed by atoms with E-state index in [1.165, 1.54) is 11.1 Å². The monoisotopic (exact) mass is 340 g/mol. The second kappa shape index (κ2) is 7.27. The van der Waals surface area contributed by atoms with Crippen LogP contribution in [0.5, 0.6) is 11.6 Å². The molecule has 1 saturated heterocycles. The molecule has 25 heavy (non-hydrogen) atoms. The SMILES string of the molecule is COc1ccnc(NC2CCN(CCc3ccc4c(c3)CCO4)C2)n1. The van der Waals surface area contributed by atoms with E-state index >= 15 is 0 Å². The van der Waals surface area contributed by atoms with Gasteiger partial charge in [-0.15, -0.1) is 0 Å². The molecule has 3 heterocycles. The number of methoxy groups -OCH3 is 1. The third kappa shape index (κ3) is 3.85. The van der Waals surface area contributed by atoms with Crippen LogP contribution in [0.1, 0.15) is 17.5 Å². The first-order chi connectivity index (χ1) is 12.3. The van der Waals surface area contributed by atoms with E-state index < -0.39 is 0 Å². The summed E-state index contributed by atoms with van der Waals surface area (Å²) in [7, 11) is 1.62. The van der Waals surface area contributed by atoms with Crippen LogP contribution in [0.4, 0.5) is 5.95 Å². The number of ether oxygens (including phenoxy) is 2. The van der Waals surface area contributed by atoms with Crippen molar-refractivity contribution < 1.29 is 9.47 Å². The third-order valence-corrected chi connectivity index (χ3v) is 4.92. The number of rotatable bonds is 6. The smallest absolute Gasteiger partial charge is 0.226 e. The molecule has 1 aromatic carbocycles. The van der Waals surface area contributed by atoms with Crippen molar-refractivity contribution in [3.63, 3.8) is 0 Å². The fourth-order valence-electron chi connectivity index (χ4n) is 3.54. The minimum atomic E-state index is 0.389.